The molecule has 2 aliphatic rings. The third-order valence-electron chi connectivity index (χ3n) is 5.48. The fraction of sp³-hybridized carbons (Fsp3) is 0.650. The zero-order chi connectivity index (χ0) is 17.8. The van der Waals surface area contributed by atoms with Crippen LogP contribution in [-0.4, -0.2) is 78.4 Å². The highest BCUT2D eigenvalue weighted by molar-refractivity contribution is 7.99. The average molecular weight is 362 g/mol. The number of piperidine rings is 1. The molecule has 0 saturated carbocycles. The molecule has 2 saturated heterocycles. The number of nitrogens with zero attached hydrogens (tertiary/aromatic N) is 3. The van der Waals surface area contributed by atoms with E-state index in [1.54, 1.807) is 0 Å². The Labute approximate surface area is 156 Å². The van der Waals surface area contributed by atoms with E-state index in [-0.39, 0.29) is 11.9 Å². The van der Waals surface area contributed by atoms with Gasteiger partial charge in [0.2, 0.25) is 5.91 Å². The SMILES string of the molecule is Cc1ccc([C@H](C(=O)N2CCC(N3CCSCC3)CC2)N(C)C)cc1. The first-order chi connectivity index (χ1) is 12.1. The van der Waals surface area contributed by atoms with Gasteiger partial charge >= 0.3 is 0 Å². The van der Waals surface area contributed by atoms with Crippen LogP contribution in [-0.2, 0) is 4.79 Å². The summed E-state index contributed by atoms with van der Waals surface area (Å²) in [5, 5.41) is 0. The quantitative estimate of drug-likeness (QED) is 0.824. The normalized spacial score (nSPS) is 21.5. The highest BCUT2D eigenvalue weighted by Gasteiger charge is 2.32. The Hall–Kier alpha value is -1.04. The number of rotatable bonds is 4. The van der Waals surface area contributed by atoms with Gasteiger partial charge in [0.25, 0.3) is 0 Å². The van der Waals surface area contributed by atoms with E-state index >= 15 is 0 Å². The third-order valence-corrected chi connectivity index (χ3v) is 6.42. The van der Waals surface area contributed by atoms with Crippen molar-refractivity contribution in [3.63, 3.8) is 0 Å². The molecular formula is C20H31N3OS. The maximum atomic E-state index is 13.2. The van der Waals surface area contributed by atoms with E-state index in [2.05, 4.69) is 52.8 Å². The van der Waals surface area contributed by atoms with Crippen molar-refractivity contribution in [2.45, 2.75) is 31.8 Å². The zero-order valence-corrected chi connectivity index (χ0v) is 16.6. The Bertz CT molecular complexity index is 561. The molecule has 1 aromatic carbocycles. The van der Waals surface area contributed by atoms with Gasteiger partial charge in [-0.05, 0) is 39.4 Å². The number of likely N-dealkylation sites (N-methyl/N-ethyl adjacent to an activating group) is 1. The van der Waals surface area contributed by atoms with Gasteiger partial charge in [0.1, 0.15) is 6.04 Å². The molecule has 2 aliphatic heterocycles. The monoisotopic (exact) mass is 361 g/mol. The van der Waals surface area contributed by atoms with Gasteiger partial charge < -0.3 is 4.90 Å². The molecule has 3 rings (SSSR count). The van der Waals surface area contributed by atoms with Crippen molar-refractivity contribution >= 4 is 17.7 Å². The van der Waals surface area contributed by atoms with Crippen molar-refractivity contribution < 1.29 is 4.79 Å². The smallest absolute Gasteiger partial charge is 0.244 e. The second-order valence-corrected chi connectivity index (χ2v) is 8.71. The van der Waals surface area contributed by atoms with Gasteiger partial charge in [-0.1, -0.05) is 29.8 Å². The summed E-state index contributed by atoms with van der Waals surface area (Å²) in [7, 11) is 4.00. The van der Waals surface area contributed by atoms with Gasteiger partial charge in [0.15, 0.2) is 0 Å². The topological polar surface area (TPSA) is 26.8 Å². The van der Waals surface area contributed by atoms with Crippen LogP contribution in [0.5, 0.6) is 0 Å². The Kier molecular flexibility index (Phi) is 6.42. The molecular weight excluding hydrogens is 330 g/mol. The van der Waals surface area contributed by atoms with Crippen molar-refractivity contribution in [1.82, 2.24) is 14.7 Å². The van der Waals surface area contributed by atoms with E-state index in [0.29, 0.717) is 6.04 Å². The maximum Gasteiger partial charge on any atom is 0.244 e. The van der Waals surface area contributed by atoms with E-state index in [1.165, 1.54) is 30.2 Å². The first-order valence-electron chi connectivity index (χ1n) is 9.40. The molecule has 1 amide bonds. The summed E-state index contributed by atoms with van der Waals surface area (Å²) in [5.41, 5.74) is 2.32. The Balaban J connectivity index is 1.62. The lowest BCUT2D eigenvalue weighted by molar-refractivity contribution is -0.138. The molecule has 1 aromatic rings. The van der Waals surface area contributed by atoms with Crippen molar-refractivity contribution in [3.05, 3.63) is 35.4 Å². The molecule has 1 atom stereocenters. The second-order valence-electron chi connectivity index (χ2n) is 7.48. The van der Waals surface area contributed by atoms with E-state index < -0.39 is 0 Å². The summed E-state index contributed by atoms with van der Waals surface area (Å²) in [6, 6.07) is 8.87. The molecule has 0 bridgehead atoms. The van der Waals surface area contributed by atoms with E-state index in [0.717, 1.165) is 31.5 Å². The number of likely N-dealkylation sites (tertiary alicyclic amines) is 1. The Morgan fingerprint density at radius 2 is 1.68 bits per heavy atom. The van der Waals surface area contributed by atoms with Crippen LogP contribution in [0.3, 0.4) is 0 Å². The van der Waals surface area contributed by atoms with Crippen molar-refractivity contribution in [2.75, 3.05) is 51.8 Å². The molecule has 0 spiro atoms. The van der Waals surface area contributed by atoms with Gasteiger partial charge in [-0.25, -0.2) is 0 Å². The molecule has 0 radical (unpaired) electrons. The fourth-order valence-electron chi connectivity index (χ4n) is 3.98. The number of thioether (sulfide) groups is 1. The van der Waals surface area contributed by atoms with Gasteiger partial charge in [-0.3, -0.25) is 14.6 Å². The largest absolute Gasteiger partial charge is 0.341 e. The van der Waals surface area contributed by atoms with Crippen LogP contribution in [0.25, 0.3) is 0 Å². The number of hydrogen-bond donors (Lipinski definition) is 0. The molecule has 4 nitrogen and oxygen atoms in total. The van der Waals surface area contributed by atoms with E-state index in [9.17, 15) is 4.79 Å². The van der Waals surface area contributed by atoms with Crippen LogP contribution in [0.1, 0.15) is 30.0 Å². The summed E-state index contributed by atoms with van der Waals surface area (Å²) >= 11 is 2.06. The molecule has 5 heteroatoms. The third kappa shape index (κ3) is 4.57. The first kappa shape index (κ1) is 18.7. The van der Waals surface area contributed by atoms with Crippen LogP contribution >= 0.6 is 11.8 Å². The molecule has 0 N–H and O–H groups in total. The summed E-state index contributed by atoms with van der Waals surface area (Å²) < 4.78 is 0. The number of hydrogen-bond acceptors (Lipinski definition) is 4. The van der Waals surface area contributed by atoms with Gasteiger partial charge in [0.05, 0.1) is 0 Å². The Morgan fingerprint density at radius 3 is 2.24 bits per heavy atom. The number of carbonyl (C=O) groups is 1. The minimum Gasteiger partial charge on any atom is -0.341 e. The second kappa shape index (κ2) is 8.56. The first-order valence-corrected chi connectivity index (χ1v) is 10.6. The van der Waals surface area contributed by atoms with Crippen LogP contribution < -0.4 is 0 Å². The molecule has 2 fully saturated rings. The molecule has 138 valence electrons. The highest BCUT2D eigenvalue weighted by Crippen LogP contribution is 2.25. The van der Waals surface area contributed by atoms with E-state index in [1.807, 2.05) is 19.0 Å². The van der Waals surface area contributed by atoms with E-state index in [4.69, 9.17) is 0 Å². The van der Waals surface area contributed by atoms with Crippen LogP contribution in [0, 0.1) is 6.92 Å². The van der Waals surface area contributed by atoms with Crippen molar-refractivity contribution in [2.24, 2.45) is 0 Å². The minimum absolute atomic E-state index is 0.177. The summed E-state index contributed by atoms with van der Waals surface area (Å²) in [5.74, 6) is 2.77. The Morgan fingerprint density at radius 1 is 1.08 bits per heavy atom. The minimum atomic E-state index is -0.177. The molecule has 0 unspecified atom stereocenters. The number of amides is 1. The lowest BCUT2D eigenvalue weighted by Gasteiger charge is -2.41. The lowest BCUT2D eigenvalue weighted by Crippen LogP contribution is -2.50. The zero-order valence-electron chi connectivity index (χ0n) is 15.8. The van der Waals surface area contributed by atoms with Gasteiger partial charge in [-0.2, -0.15) is 11.8 Å². The standard InChI is InChI=1S/C20H31N3OS/c1-16-4-6-17(7-5-16)19(21(2)3)20(24)23-10-8-18(9-11-23)22-12-14-25-15-13-22/h4-7,18-19H,8-15H2,1-3H3/t19-/m1/s1. The van der Waals surface area contributed by atoms with Crippen molar-refractivity contribution in [1.29, 1.82) is 0 Å². The maximum absolute atomic E-state index is 13.2. The molecule has 0 aromatic heterocycles. The van der Waals surface area contributed by atoms with Crippen molar-refractivity contribution in [3.8, 4) is 0 Å². The average Bonchev–Trinajstić information content (AvgIpc) is 2.64. The van der Waals surface area contributed by atoms with Crippen LogP contribution in [0.15, 0.2) is 24.3 Å². The molecule has 25 heavy (non-hydrogen) atoms. The lowest BCUT2D eigenvalue weighted by atomic mass is 9.99. The summed E-state index contributed by atoms with van der Waals surface area (Å²) in [6.45, 7) is 6.30. The summed E-state index contributed by atoms with van der Waals surface area (Å²) in [6.07, 6.45) is 2.23. The molecule has 2 heterocycles. The fourth-order valence-corrected chi connectivity index (χ4v) is 4.91. The van der Waals surface area contributed by atoms with Crippen LogP contribution in [0.2, 0.25) is 0 Å². The predicted molar refractivity (Wildman–Crippen MR) is 106 cm³/mol. The predicted octanol–water partition coefficient (Wildman–Crippen LogP) is 2.64. The highest BCUT2D eigenvalue weighted by atomic mass is 32.2. The van der Waals surface area contributed by atoms with Gasteiger partial charge in [-0.15, -0.1) is 0 Å². The number of aryl methyl sites for hydroxylation is 1. The number of carbonyl (C=O) groups excluding carboxylic acids is 1. The van der Waals surface area contributed by atoms with Gasteiger partial charge in [0, 0.05) is 43.7 Å². The number of benzene rings is 1. The van der Waals surface area contributed by atoms with Crippen LogP contribution in [0.4, 0.5) is 0 Å². The molecule has 0 aliphatic carbocycles. The summed E-state index contributed by atoms with van der Waals surface area (Å²) in [4.78, 5) is 19.9.